The van der Waals surface area contributed by atoms with Crippen LogP contribution in [0.3, 0.4) is 0 Å². The van der Waals surface area contributed by atoms with Gasteiger partial charge in [-0.2, -0.15) is 0 Å². The van der Waals surface area contributed by atoms with Gasteiger partial charge in [0.2, 0.25) is 0 Å². The van der Waals surface area contributed by atoms with E-state index in [1.807, 2.05) is 67.3 Å². The van der Waals surface area contributed by atoms with Crippen LogP contribution >= 0.6 is 6.89 Å². The van der Waals surface area contributed by atoms with Crippen LogP contribution < -0.4 is 15.9 Å². The van der Waals surface area contributed by atoms with Crippen molar-refractivity contribution in [2.45, 2.75) is 30.4 Å². The van der Waals surface area contributed by atoms with Gasteiger partial charge in [-0.1, -0.05) is 109 Å². The van der Waals surface area contributed by atoms with Crippen LogP contribution in [0.1, 0.15) is 18.9 Å². The van der Waals surface area contributed by atoms with Crippen LogP contribution in [0.25, 0.3) is 0 Å². The maximum atomic E-state index is 13.6. The van der Waals surface area contributed by atoms with Gasteiger partial charge in [0.15, 0.2) is 15.6 Å². The fourth-order valence-electron chi connectivity index (χ4n) is 4.28. The van der Waals surface area contributed by atoms with Gasteiger partial charge in [0.1, 0.15) is 0 Å². The largest absolute Gasteiger partial charge is 0.295 e. The first-order chi connectivity index (χ1) is 16.8. The molecule has 4 aromatic carbocycles. The van der Waals surface area contributed by atoms with Crippen LogP contribution in [-0.2, 0) is 14.6 Å². The number of carbonyl (C=O) groups is 1. The third-order valence-electron chi connectivity index (χ3n) is 6.20. The highest BCUT2D eigenvalue weighted by molar-refractivity contribution is 7.95. The predicted molar refractivity (Wildman–Crippen MR) is 149 cm³/mol. The number of aryl methyl sites for hydroxylation is 1. The van der Waals surface area contributed by atoms with E-state index in [2.05, 4.69) is 36.4 Å². The van der Waals surface area contributed by atoms with Gasteiger partial charge in [0, 0.05) is 6.42 Å². The number of benzene rings is 4. The Kier molecular flexibility index (Phi) is 7.54. The van der Waals surface area contributed by atoms with Crippen LogP contribution in [-0.4, -0.2) is 25.2 Å². The Balaban J connectivity index is 1.84. The molecule has 178 valence electrons. The Labute approximate surface area is 208 Å². The predicted octanol–water partition coefficient (Wildman–Crippen LogP) is 4.91. The van der Waals surface area contributed by atoms with Gasteiger partial charge in [0.05, 0.1) is 10.1 Å². The number of carbonyl (C=O) groups excluding carboxylic acids is 1. The summed E-state index contributed by atoms with van der Waals surface area (Å²) in [6, 6.07) is 37.0. The van der Waals surface area contributed by atoms with Crippen molar-refractivity contribution in [3.05, 3.63) is 121 Å². The van der Waals surface area contributed by atoms with E-state index in [0.29, 0.717) is 0 Å². The summed E-state index contributed by atoms with van der Waals surface area (Å²) in [5.41, 5.74) is 0.990. The zero-order valence-electron chi connectivity index (χ0n) is 19.9. The third-order valence-corrected chi connectivity index (χ3v) is 12.4. The molecular weight excluding hydrogens is 471 g/mol. The van der Waals surface area contributed by atoms with Crippen molar-refractivity contribution in [1.29, 1.82) is 0 Å². The van der Waals surface area contributed by atoms with E-state index in [-0.39, 0.29) is 17.1 Å². The highest BCUT2D eigenvalue weighted by atomic mass is 32.2. The smallest absolute Gasteiger partial charge is 0.181 e. The van der Waals surface area contributed by atoms with Crippen molar-refractivity contribution >= 4 is 44.2 Å². The van der Waals surface area contributed by atoms with E-state index in [1.165, 1.54) is 0 Å². The van der Waals surface area contributed by atoms with Crippen LogP contribution in [0.15, 0.2) is 120 Å². The molecule has 0 heterocycles. The van der Waals surface area contributed by atoms with Crippen molar-refractivity contribution in [2.24, 2.45) is 0 Å². The fourth-order valence-corrected chi connectivity index (χ4v) is 9.45. The minimum absolute atomic E-state index is 0.0789. The molecule has 0 bridgehead atoms. The lowest BCUT2D eigenvalue weighted by molar-refractivity contribution is -0.112. The molecule has 0 saturated carbocycles. The standard InChI is InChI=1S/C30H29O3PS/c1-24-18-20-30(21-19-24)35(32,33)25(2)22-26(31)23-34(27-12-6-3-7-13-27,28-14-8-4-9-15-28)29-16-10-5-11-17-29/h3-21,23,25H,22H2,1-2H3. The summed E-state index contributed by atoms with van der Waals surface area (Å²) in [5.74, 6) is 1.65. The molecule has 1 unspecified atom stereocenters. The molecular formula is C30H29O3PS. The molecule has 0 amide bonds. The molecule has 0 radical (unpaired) electrons. The first-order valence-corrected chi connectivity index (χ1v) is 15.0. The highest BCUT2D eigenvalue weighted by Crippen LogP contribution is 2.43. The molecule has 0 aromatic heterocycles. The second-order valence-electron chi connectivity index (χ2n) is 8.70. The highest BCUT2D eigenvalue weighted by Gasteiger charge is 2.29. The summed E-state index contributed by atoms with van der Waals surface area (Å²) < 4.78 is 26.4. The first-order valence-electron chi connectivity index (χ1n) is 11.6. The van der Waals surface area contributed by atoms with Crippen molar-refractivity contribution in [3.8, 4) is 0 Å². The molecule has 0 aliphatic heterocycles. The average Bonchev–Trinajstić information content (AvgIpc) is 2.89. The molecule has 3 nitrogen and oxygen atoms in total. The first kappa shape index (κ1) is 24.9. The minimum Gasteiger partial charge on any atom is -0.295 e. The summed E-state index contributed by atoms with van der Waals surface area (Å²) in [4.78, 5) is 13.9. The van der Waals surface area contributed by atoms with Gasteiger partial charge < -0.3 is 0 Å². The Morgan fingerprint density at radius 3 is 1.51 bits per heavy atom. The lowest BCUT2D eigenvalue weighted by Crippen LogP contribution is -2.30. The Morgan fingerprint density at radius 1 is 0.714 bits per heavy atom. The lowest BCUT2D eigenvalue weighted by Gasteiger charge is -2.28. The summed E-state index contributed by atoms with van der Waals surface area (Å²) in [6.45, 7) is 1.07. The number of ketones is 1. The molecule has 0 aliphatic carbocycles. The van der Waals surface area contributed by atoms with E-state index >= 15 is 0 Å². The van der Waals surface area contributed by atoms with Crippen LogP contribution in [0.2, 0.25) is 0 Å². The van der Waals surface area contributed by atoms with E-state index in [9.17, 15) is 13.2 Å². The van der Waals surface area contributed by atoms with E-state index < -0.39 is 22.0 Å². The number of hydrogen-bond acceptors (Lipinski definition) is 3. The molecule has 4 aromatic rings. The molecule has 0 aliphatic rings. The van der Waals surface area contributed by atoms with Crippen molar-refractivity contribution in [1.82, 2.24) is 0 Å². The maximum absolute atomic E-state index is 13.6. The van der Waals surface area contributed by atoms with Gasteiger partial charge in [-0.05, 0) is 54.6 Å². The third kappa shape index (κ3) is 5.24. The van der Waals surface area contributed by atoms with Gasteiger partial charge >= 0.3 is 0 Å². The van der Waals surface area contributed by atoms with Crippen LogP contribution in [0.4, 0.5) is 0 Å². The zero-order chi connectivity index (χ0) is 24.9. The molecule has 0 spiro atoms. The number of Topliss-reactive ketones (excluding diaryl/α,β-unsaturated/α-hetero) is 1. The molecule has 1 atom stereocenters. The van der Waals surface area contributed by atoms with Crippen LogP contribution in [0.5, 0.6) is 0 Å². The average molecular weight is 501 g/mol. The van der Waals surface area contributed by atoms with Crippen molar-refractivity contribution < 1.29 is 13.2 Å². The summed E-state index contributed by atoms with van der Waals surface area (Å²) >= 11 is 0. The van der Waals surface area contributed by atoms with Gasteiger partial charge in [-0.3, -0.25) is 4.79 Å². The lowest BCUT2D eigenvalue weighted by atomic mass is 10.2. The SMILES string of the molecule is Cc1ccc(S(=O)(=O)C(C)CC(=O)C=P(c2ccccc2)(c2ccccc2)c2ccccc2)cc1. The number of sulfone groups is 1. The van der Waals surface area contributed by atoms with Gasteiger partial charge in [0.25, 0.3) is 0 Å². The Hall–Kier alpha value is -3.20. The molecule has 5 heteroatoms. The van der Waals surface area contributed by atoms with Crippen LogP contribution in [0, 0.1) is 6.92 Å². The maximum Gasteiger partial charge on any atom is 0.181 e. The summed E-state index contributed by atoms with van der Waals surface area (Å²) in [5, 5.41) is 2.33. The van der Waals surface area contributed by atoms with Gasteiger partial charge in [-0.25, -0.2) is 8.42 Å². The van der Waals surface area contributed by atoms with E-state index in [4.69, 9.17) is 0 Å². The summed E-state index contributed by atoms with van der Waals surface area (Å²) in [7, 11) is -3.63. The molecule has 0 saturated heterocycles. The van der Waals surface area contributed by atoms with Gasteiger partial charge in [-0.15, -0.1) is 0 Å². The molecule has 0 N–H and O–H groups in total. The minimum atomic E-state index is -3.63. The van der Waals surface area contributed by atoms with Crippen molar-refractivity contribution in [3.63, 3.8) is 0 Å². The Morgan fingerprint density at radius 2 is 1.11 bits per heavy atom. The van der Waals surface area contributed by atoms with E-state index in [0.717, 1.165) is 21.5 Å². The van der Waals surface area contributed by atoms with E-state index in [1.54, 1.807) is 31.2 Å². The molecule has 35 heavy (non-hydrogen) atoms. The number of hydrogen-bond donors (Lipinski definition) is 0. The monoisotopic (exact) mass is 500 g/mol. The topological polar surface area (TPSA) is 51.2 Å². The fraction of sp³-hybridized carbons (Fsp3) is 0.133. The Bertz CT molecular complexity index is 1340. The summed E-state index contributed by atoms with van der Waals surface area (Å²) in [6.07, 6.45) is -0.0789. The normalized spacial score (nSPS) is 12.6. The zero-order valence-corrected chi connectivity index (χ0v) is 21.6. The molecule has 4 rings (SSSR count). The van der Waals surface area contributed by atoms with Crippen molar-refractivity contribution in [2.75, 3.05) is 0 Å². The number of rotatable bonds is 8. The second kappa shape index (κ2) is 10.6. The quantitative estimate of drug-likeness (QED) is 0.323. The second-order valence-corrected chi connectivity index (χ2v) is 14.3. The molecule has 0 fully saturated rings.